The fourth-order valence-electron chi connectivity index (χ4n) is 2.62. The third kappa shape index (κ3) is 5.23. The molecule has 1 atom stereocenters. The SMILES string of the molecule is CC(NC(=O)C(=O)NCCc1csc(-c2ccc(F)cc2)n1)c1ccccc1. The Kier molecular flexibility index (Phi) is 6.49. The first-order valence-corrected chi connectivity index (χ1v) is 9.75. The predicted octanol–water partition coefficient (Wildman–Crippen LogP) is 3.49. The molecule has 144 valence electrons. The fraction of sp³-hybridized carbons (Fsp3) is 0.190. The Morgan fingerprint density at radius 1 is 1.07 bits per heavy atom. The van der Waals surface area contributed by atoms with Gasteiger partial charge in [-0.15, -0.1) is 11.3 Å². The summed E-state index contributed by atoms with van der Waals surface area (Å²) in [5.41, 5.74) is 2.58. The third-order valence-electron chi connectivity index (χ3n) is 4.16. The van der Waals surface area contributed by atoms with Gasteiger partial charge in [-0.2, -0.15) is 0 Å². The Balaban J connectivity index is 1.46. The van der Waals surface area contributed by atoms with E-state index in [-0.39, 0.29) is 11.9 Å². The van der Waals surface area contributed by atoms with Gasteiger partial charge in [0.25, 0.3) is 0 Å². The quantitative estimate of drug-likeness (QED) is 0.626. The van der Waals surface area contributed by atoms with Crippen LogP contribution in [0.4, 0.5) is 4.39 Å². The zero-order chi connectivity index (χ0) is 19.9. The first kappa shape index (κ1) is 19.7. The monoisotopic (exact) mass is 397 g/mol. The van der Waals surface area contributed by atoms with E-state index in [9.17, 15) is 14.0 Å². The number of aromatic nitrogens is 1. The molecule has 0 aliphatic heterocycles. The van der Waals surface area contributed by atoms with Gasteiger partial charge in [-0.05, 0) is 36.8 Å². The summed E-state index contributed by atoms with van der Waals surface area (Å²) in [6, 6.07) is 15.3. The molecule has 3 aromatic rings. The van der Waals surface area contributed by atoms with Crippen LogP contribution in [0.15, 0.2) is 60.0 Å². The van der Waals surface area contributed by atoms with E-state index in [1.807, 2.05) is 42.6 Å². The first-order valence-electron chi connectivity index (χ1n) is 8.87. The van der Waals surface area contributed by atoms with Crippen LogP contribution in [0.3, 0.4) is 0 Å². The summed E-state index contributed by atoms with van der Waals surface area (Å²) >= 11 is 1.45. The predicted molar refractivity (Wildman–Crippen MR) is 107 cm³/mol. The van der Waals surface area contributed by atoms with Crippen LogP contribution in [0, 0.1) is 5.82 Å². The molecular formula is C21H20FN3O2S. The van der Waals surface area contributed by atoms with Crippen LogP contribution in [0.5, 0.6) is 0 Å². The van der Waals surface area contributed by atoms with Crippen molar-refractivity contribution in [2.45, 2.75) is 19.4 Å². The average Bonchev–Trinajstić information content (AvgIpc) is 3.18. The average molecular weight is 397 g/mol. The zero-order valence-corrected chi connectivity index (χ0v) is 16.1. The topological polar surface area (TPSA) is 71.1 Å². The molecule has 3 rings (SSSR count). The summed E-state index contributed by atoms with van der Waals surface area (Å²) in [5, 5.41) is 7.97. The van der Waals surface area contributed by atoms with E-state index >= 15 is 0 Å². The van der Waals surface area contributed by atoms with Crippen molar-refractivity contribution in [3.63, 3.8) is 0 Å². The highest BCUT2D eigenvalue weighted by Crippen LogP contribution is 2.23. The molecule has 1 unspecified atom stereocenters. The van der Waals surface area contributed by atoms with E-state index in [0.717, 1.165) is 21.8 Å². The van der Waals surface area contributed by atoms with E-state index in [4.69, 9.17) is 0 Å². The van der Waals surface area contributed by atoms with Crippen molar-refractivity contribution >= 4 is 23.2 Å². The second kappa shape index (κ2) is 9.23. The molecule has 0 spiro atoms. The van der Waals surface area contributed by atoms with Crippen LogP contribution < -0.4 is 10.6 Å². The summed E-state index contributed by atoms with van der Waals surface area (Å²) in [6.45, 7) is 2.13. The number of carbonyl (C=O) groups excluding carboxylic acids is 2. The lowest BCUT2D eigenvalue weighted by atomic mass is 10.1. The maximum atomic E-state index is 13.0. The lowest BCUT2D eigenvalue weighted by Crippen LogP contribution is -2.41. The van der Waals surface area contributed by atoms with Gasteiger partial charge in [-0.3, -0.25) is 9.59 Å². The van der Waals surface area contributed by atoms with Gasteiger partial charge in [0.1, 0.15) is 10.8 Å². The molecule has 0 saturated heterocycles. The van der Waals surface area contributed by atoms with Crippen LogP contribution in [0.2, 0.25) is 0 Å². The molecule has 2 amide bonds. The molecule has 0 fully saturated rings. The Bertz CT molecular complexity index is 942. The van der Waals surface area contributed by atoms with Crippen molar-refractivity contribution in [2.75, 3.05) is 6.54 Å². The van der Waals surface area contributed by atoms with Gasteiger partial charge in [0.15, 0.2) is 0 Å². The highest BCUT2D eigenvalue weighted by Gasteiger charge is 2.16. The Morgan fingerprint density at radius 2 is 1.79 bits per heavy atom. The largest absolute Gasteiger partial charge is 0.347 e. The number of nitrogens with zero attached hydrogens (tertiary/aromatic N) is 1. The van der Waals surface area contributed by atoms with Crippen LogP contribution in [-0.4, -0.2) is 23.3 Å². The van der Waals surface area contributed by atoms with Crippen molar-refractivity contribution in [2.24, 2.45) is 0 Å². The van der Waals surface area contributed by atoms with Gasteiger partial charge in [-0.25, -0.2) is 9.37 Å². The van der Waals surface area contributed by atoms with Crippen molar-refractivity contribution in [3.8, 4) is 10.6 Å². The molecular weight excluding hydrogens is 377 g/mol. The van der Waals surface area contributed by atoms with Gasteiger partial charge in [-0.1, -0.05) is 30.3 Å². The smallest absolute Gasteiger partial charge is 0.309 e. The van der Waals surface area contributed by atoms with Crippen molar-refractivity contribution in [1.29, 1.82) is 0 Å². The second-order valence-corrected chi connectivity index (χ2v) is 7.12. The lowest BCUT2D eigenvalue weighted by Gasteiger charge is -2.13. The first-order chi connectivity index (χ1) is 13.5. The number of hydrogen-bond donors (Lipinski definition) is 2. The third-order valence-corrected chi connectivity index (χ3v) is 5.10. The zero-order valence-electron chi connectivity index (χ0n) is 15.3. The van der Waals surface area contributed by atoms with Gasteiger partial charge < -0.3 is 10.6 Å². The number of benzene rings is 2. The van der Waals surface area contributed by atoms with E-state index in [0.29, 0.717) is 13.0 Å². The van der Waals surface area contributed by atoms with Gasteiger partial charge in [0.2, 0.25) is 0 Å². The number of amides is 2. The molecule has 0 bridgehead atoms. The minimum Gasteiger partial charge on any atom is -0.347 e. The maximum Gasteiger partial charge on any atom is 0.309 e. The number of carbonyl (C=O) groups is 2. The normalized spacial score (nSPS) is 11.6. The summed E-state index contributed by atoms with van der Waals surface area (Å²) in [6.07, 6.45) is 0.505. The molecule has 7 heteroatoms. The van der Waals surface area contributed by atoms with E-state index in [2.05, 4.69) is 15.6 Å². The lowest BCUT2D eigenvalue weighted by molar-refractivity contribution is -0.139. The summed E-state index contributed by atoms with van der Waals surface area (Å²) in [4.78, 5) is 28.5. The minimum absolute atomic E-state index is 0.253. The molecule has 1 aromatic heterocycles. The number of thiazole rings is 1. The van der Waals surface area contributed by atoms with Gasteiger partial charge >= 0.3 is 11.8 Å². The van der Waals surface area contributed by atoms with E-state index in [1.165, 1.54) is 23.5 Å². The summed E-state index contributed by atoms with van der Waals surface area (Å²) < 4.78 is 13.0. The molecule has 28 heavy (non-hydrogen) atoms. The van der Waals surface area contributed by atoms with Crippen LogP contribution in [0.25, 0.3) is 10.6 Å². The number of nitrogens with one attached hydrogen (secondary N) is 2. The second-order valence-electron chi connectivity index (χ2n) is 6.26. The molecule has 2 N–H and O–H groups in total. The molecule has 5 nitrogen and oxygen atoms in total. The summed E-state index contributed by atoms with van der Waals surface area (Å²) in [7, 11) is 0. The van der Waals surface area contributed by atoms with Crippen molar-refractivity contribution < 1.29 is 14.0 Å². The Morgan fingerprint density at radius 3 is 2.50 bits per heavy atom. The number of hydrogen-bond acceptors (Lipinski definition) is 4. The standard InChI is InChI=1S/C21H20FN3O2S/c1-14(15-5-3-2-4-6-15)24-20(27)19(26)23-12-11-18-13-28-21(25-18)16-7-9-17(22)10-8-16/h2-10,13-14H,11-12H2,1H3,(H,23,26)(H,24,27). The van der Waals surface area contributed by atoms with Gasteiger partial charge in [0.05, 0.1) is 11.7 Å². The van der Waals surface area contributed by atoms with Crippen LogP contribution in [-0.2, 0) is 16.0 Å². The molecule has 0 aliphatic rings. The molecule has 1 heterocycles. The molecule has 0 saturated carbocycles. The highest BCUT2D eigenvalue weighted by molar-refractivity contribution is 7.13. The van der Waals surface area contributed by atoms with Crippen LogP contribution in [0.1, 0.15) is 24.2 Å². The summed E-state index contributed by atoms with van der Waals surface area (Å²) in [5.74, 6) is -1.62. The van der Waals surface area contributed by atoms with E-state index < -0.39 is 11.8 Å². The Labute approximate surface area is 166 Å². The minimum atomic E-state index is -0.670. The Hall–Kier alpha value is -3.06. The van der Waals surface area contributed by atoms with E-state index in [1.54, 1.807) is 12.1 Å². The van der Waals surface area contributed by atoms with Crippen LogP contribution >= 0.6 is 11.3 Å². The maximum absolute atomic E-state index is 13.0. The van der Waals surface area contributed by atoms with Crippen molar-refractivity contribution in [3.05, 3.63) is 77.1 Å². The number of rotatable bonds is 6. The molecule has 0 aliphatic carbocycles. The number of halogens is 1. The molecule has 2 aromatic carbocycles. The highest BCUT2D eigenvalue weighted by atomic mass is 32.1. The molecule has 0 radical (unpaired) electrons. The fourth-order valence-corrected chi connectivity index (χ4v) is 3.48. The van der Waals surface area contributed by atoms with Crippen molar-refractivity contribution in [1.82, 2.24) is 15.6 Å². The van der Waals surface area contributed by atoms with Gasteiger partial charge in [0, 0.05) is 23.9 Å².